The van der Waals surface area contributed by atoms with E-state index in [2.05, 4.69) is 52.1 Å². The molecule has 3 heteroatoms. The summed E-state index contributed by atoms with van der Waals surface area (Å²) in [6.07, 6.45) is 1.82. The van der Waals surface area contributed by atoms with Gasteiger partial charge in [-0.2, -0.15) is 0 Å². The average Bonchev–Trinajstić information content (AvgIpc) is 2.28. The summed E-state index contributed by atoms with van der Waals surface area (Å²) in [5.74, 6) is 0.956. The first kappa shape index (κ1) is 11.7. The largest absolute Gasteiger partial charge is 0.249 e. The third-order valence-corrected chi connectivity index (χ3v) is 4.16. The lowest BCUT2D eigenvalue weighted by atomic mass is 10.2. The van der Waals surface area contributed by atoms with Crippen molar-refractivity contribution in [2.45, 2.75) is 17.7 Å². The topological polar surface area (TPSA) is 12.9 Å². The van der Waals surface area contributed by atoms with Crippen LogP contribution in [0, 0.1) is 6.92 Å². The van der Waals surface area contributed by atoms with Gasteiger partial charge >= 0.3 is 0 Å². The summed E-state index contributed by atoms with van der Waals surface area (Å²) in [6.45, 7) is 2.12. The number of rotatable bonds is 3. The van der Waals surface area contributed by atoms with Gasteiger partial charge in [-0.1, -0.05) is 29.8 Å². The zero-order valence-corrected chi connectivity index (χ0v) is 11.4. The lowest BCUT2D eigenvalue weighted by Crippen LogP contribution is -1.84. The van der Waals surface area contributed by atoms with Crippen molar-refractivity contribution in [3.8, 4) is 0 Å². The molecule has 2 aromatic rings. The normalized spacial score (nSPS) is 10.4. The molecule has 0 saturated carbocycles. The molecule has 2 rings (SSSR count). The first-order chi connectivity index (χ1) is 7.75. The predicted octanol–water partition coefficient (Wildman–Crippen LogP) is 4.44. The van der Waals surface area contributed by atoms with Gasteiger partial charge in [0.25, 0.3) is 0 Å². The first-order valence-corrected chi connectivity index (χ1v) is 6.82. The maximum atomic E-state index is 4.33. The predicted molar refractivity (Wildman–Crippen MR) is 72.7 cm³/mol. The molecule has 0 N–H and O–H groups in total. The van der Waals surface area contributed by atoms with E-state index in [9.17, 15) is 0 Å². The molecule has 0 atom stereocenters. The molecule has 0 aliphatic rings. The summed E-state index contributed by atoms with van der Waals surface area (Å²) in [5, 5.41) is 1.05. The Morgan fingerprint density at radius 3 is 2.88 bits per heavy atom. The molecule has 1 aromatic carbocycles. The van der Waals surface area contributed by atoms with Gasteiger partial charge in [0, 0.05) is 16.4 Å². The van der Waals surface area contributed by atoms with Gasteiger partial charge in [-0.05, 0) is 40.5 Å². The molecule has 0 amide bonds. The molecule has 0 aliphatic heterocycles. The van der Waals surface area contributed by atoms with Gasteiger partial charge in [0.05, 0.1) is 0 Å². The number of halogens is 1. The van der Waals surface area contributed by atoms with Gasteiger partial charge in [-0.3, -0.25) is 0 Å². The van der Waals surface area contributed by atoms with Gasteiger partial charge in [0.2, 0.25) is 0 Å². The highest BCUT2D eigenvalue weighted by atomic mass is 79.9. The molecule has 1 heterocycles. The highest BCUT2D eigenvalue weighted by Gasteiger charge is 2.01. The Balaban J connectivity index is 2.05. The van der Waals surface area contributed by atoms with E-state index in [1.54, 1.807) is 11.8 Å². The quantitative estimate of drug-likeness (QED) is 0.776. The monoisotopic (exact) mass is 293 g/mol. The van der Waals surface area contributed by atoms with E-state index in [4.69, 9.17) is 0 Å². The van der Waals surface area contributed by atoms with E-state index in [1.165, 1.54) is 11.1 Å². The van der Waals surface area contributed by atoms with Crippen LogP contribution in [0.5, 0.6) is 0 Å². The van der Waals surface area contributed by atoms with Crippen LogP contribution in [-0.2, 0) is 5.75 Å². The maximum absolute atomic E-state index is 4.33. The van der Waals surface area contributed by atoms with E-state index >= 15 is 0 Å². The molecular formula is C13H12BrNS. The van der Waals surface area contributed by atoms with Crippen molar-refractivity contribution < 1.29 is 0 Å². The Morgan fingerprint density at radius 1 is 1.25 bits per heavy atom. The minimum absolute atomic E-state index is 0.956. The molecule has 0 spiro atoms. The number of benzene rings is 1. The van der Waals surface area contributed by atoms with Crippen molar-refractivity contribution in [3.05, 3.63) is 58.2 Å². The number of hydrogen-bond acceptors (Lipinski definition) is 2. The lowest BCUT2D eigenvalue weighted by molar-refractivity contribution is 1.11. The number of hydrogen-bond donors (Lipinski definition) is 0. The molecule has 0 saturated heterocycles. The Bertz CT molecular complexity index is 485. The van der Waals surface area contributed by atoms with E-state index in [1.807, 2.05) is 18.3 Å². The number of aromatic nitrogens is 1. The van der Waals surface area contributed by atoms with Crippen LogP contribution in [0.4, 0.5) is 0 Å². The van der Waals surface area contributed by atoms with Crippen LogP contribution in [0.15, 0.2) is 52.1 Å². The van der Waals surface area contributed by atoms with Gasteiger partial charge in [0.1, 0.15) is 5.03 Å². The van der Waals surface area contributed by atoms with Crippen LogP contribution in [0.2, 0.25) is 0 Å². The third kappa shape index (κ3) is 3.09. The van der Waals surface area contributed by atoms with Gasteiger partial charge < -0.3 is 0 Å². The molecule has 1 aromatic heterocycles. The molecule has 0 unspecified atom stereocenters. The number of nitrogens with zero attached hydrogens (tertiary/aromatic N) is 1. The maximum Gasteiger partial charge on any atom is 0.110 e. The van der Waals surface area contributed by atoms with Crippen LogP contribution < -0.4 is 0 Å². The summed E-state index contributed by atoms with van der Waals surface area (Å²) in [6, 6.07) is 12.5. The Kier molecular flexibility index (Phi) is 4.02. The molecule has 0 aliphatic carbocycles. The Morgan fingerprint density at radius 2 is 2.12 bits per heavy atom. The smallest absolute Gasteiger partial charge is 0.110 e. The fourth-order valence-corrected chi connectivity index (χ4v) is 2.85. The van der Waals surface area contributed by atoms with Crippen LogP contribution in [0.3, 0.4) is 0 Å². The second-order valence-corrected chi connectivity index (χ2v) is 5.39. The van der Waals surface area contributed by atoms with Gasteiger partial charge in [0.15, 0.2) is 0 Å². The highest BCUT2D eigenvalue weighted by molar-refractivity contribution is 9.10. The average molecular weight is 294 g/mol. The Hall–Kier alpha value is -0.800. The first-order valence-electron chi connectivity index (χ1n) is 5.04. The van der Waals surface area contributed by atoms with Crippen LogP contribution in [0.25, 0.3) is 0 Å². The number of aryl methyl sites for hydroxylation is 1. The van der Waals surface area contributed by atoms with E-state index in [0.29, 0.717) is 0 Å². The number of pyridine rings is 1. The third-order valence-electron chi connectivity index (χ3n) is 2.18. The number of thioether (sulfide) groups is 1. The van der Waals surface area contributed by atoms with Crippen molar-refractivity contribution in [1.82, 2.24) is 4.98 Å². The molecule has 82 valence electrons. The minimum Gasteiger partial charge on any atom is -0.249 e. The summed E-state index contributed by atoms with van der Waals surface area (Å²) in [7, 11) is 0. The second kappa shape index (κ2) is 5.51. The van der Waals surface area contributed by atoms with Crippen molar-refractivity contribution in [2.75, 3.05) is 0 Å². The SMILES string of the molecule is Cc1cccc(CSc2ncccc2Br)c1. The van der Waals surface area contributed by atoms with Crippen LogP contribution in [-0.4, -0.2) is 4.98 Å². The van der Waals surface area contributed by atoms with Crippen LogP contribution >= 0.6 is 27.7 Å². The summed E-state index contributed by atoms with van der Waals surface area (Å²) in [5.41, 5.74) is 2.64. The molecule has 16 heavy (non-hydrogen) atoms. The molecule has 0 fully saturated rings. The van der Waals surface area contributed by atoms with E-state index < -0.39 is 0 Å². The zero-order valence-electron chi connectivity index (χ0n) is 8.98. The lowest BCUT2D eigenvalue weighted by Gasteiger charge is -2.03. The fraction of sp³-hybridized carbons (Fsp3) is 0.154. The summed E-state index contributed by atoms with van der Waals surface area (Å²) in [4.78, 5) is 4.33. The minimum atomic E-state index is 0.956. The fourth-order valence-electron chi connectivity index (χ4n) is 1.43. The standard InChI is InChI=1S/C13H12BrNS/c1-10-4-2-5-11(8-10)9-16-13-12(14)6-3-7-15-13/h2-8H,9H2,1H3. The van der Waals surface area contributed by atoms with E-state index in [-0.39, 0.29) is 0 Å². The van der Waals surface area contributed by atoms with Crippen molar-refractivity contribution >= 4 is 27.7 Å². The van der Waals surface area contributed by atoms with Gasteiger partial charge in [-0.25, -0.2) is 4.98 Å². The molecular weight excluding hydrogens is 282 g/mol. The highest BCUT2D eigenvalue weighted by Crippen LogP contribution is 2.27. The Labute approximate surface area is 108 Å². The van der Waals surface area contributed by atoms with Crippen molar-refractivity contribution in [2.24, 2.45) is 0 Å². The molecule has 0 bridgehead atoms. The van der Waals surface area contributed by atoms with Crippen molar-refractivity contribution in [3.63, 3.8) is 0 Å². The van der Waals surface area contributed by atoms with Crippen molar-refractivity contribution in [1.29, 1.82) is 0 Å². The van der Waals surface area contributed by atoms with E-state index in [0.717, 1.165) is 15.3 Å². The molecule has 0 radical (unpaired) electrons. The van der Waals surface area contributed by atoms with Crippen LogP contribution in [0.1, 0.15) is 11.1 Å². The van der Waals surface area contributed by atoms with Gasteiger partial charge in [-0.15, -0.1) is 11.8 Å². The summed E-state index contributed by atoms with van der Waals surface area (Å²) < 4.78 is 1.06. The summed E-state index contributed by atoms with van der Waals surface area (Å²) >= 11 is 5.25. The second-order valence-electron chi connectivity index (χ2n) is 3.57. The molecule has 1 nitrogen and oxygen atoms in total. The zero-order chi connectivity index (χ0) is 11.4.